The van der Waals surface area contributed by atoms with Gasteiger partial charge in [-0.1, -0.05) is 17.3 Å². The predicted octanol–water partition coefficient (Wildman–Crippen LogP) is 2.50. The summed E-state index contributed by atoms with van der Waals surface area (Å²) < 4.78 is 5.87. The summed E-state index contributed by atoms with van der Waals surface area (Å²) in [6, 6.07) is 5.97. The minimum Gasteiger partial charge on any atom is -0.491 e. The van der Waals surface area contributed by atoms with Gasteiger partial charge in [-0.3, -0.25) is 0 Å². The summed E-state index contributed by atoms with van der Waals surface area (Å²) in [5.74, 6) is 0.834. The van der Waals surface area contributed by atoms with Gasteiger partial charge in [0.2, 0.25) is 0 Å². The lowest BCUT2D eigenvalue weighted by Gasteiger charge is -2.24. The molecule has 0 amide bonds. The lowest BCUT2D eigenvalue weighted by Crippen LogP contribution is -2.42. The molecule has 1 aromatic rings. The van der Waals surface area contributed by atoms with Crippen LogP contribution < -0.4 is 10.1 Å². The summed E-state index contributed by atoms with van der Waals surface area (Å²) in [7, 11) is 1.57. The summed E-state index contributed by atoms with van der Waals surface area (Å²) in [5.41, 5.74) is 3.20. The van der Waals surface area contributed by atoms with E-state index >= 15 is 0 Å². The Morgan fingerprint density at radius 2 is 2.09 bits per heavy atom. The number of oxime groups is 1. The monoisotopic (exact) mass is 320 g/mol. The van der Waals surface area contributed by atoms with Crippen molar-refractivity contribution in [3.8, 4) is 5.75 Å². The van der Waals surface area contributed by atoms with Crippen molar-refractivity contribution in [3.63, 3.8) is 0 Å². The van der Waals surface area contributed by atoms with Crippen LogP contribution in [-0.4, -0.2) is 42.7 Å². The largest absolute Gasteiger partial charge is 0.491 e. The lowest BCUT2D eigenvalue weighted by atomic mass is 9.89. The van der Waals surface area contributed by atoms with Gasteiger partial charge in [-0.25, -0.2) is 0 Å². The molecular weight excluding hydrogens is 292 g/mol. The molecule has 0 spiro atoms. The molecule has 0 aliphatic heterocycles. The Balaban J connectivity index is 2.01. The second kappa shape index (κ2) is 7.79. The fourth-order valence-electron chi connectivity index (χ4n) is 2.67. The maximum atomic E-state index is 10.1. The Morgan fingerprint density at radius 3 is 2.78 bits per heavy atom. The minimum absolute atomic E-state index is 0.0155. The molecule has 1 atom stereocenters. The highest BCUT2D eigenvalue weighted by Gasteiger charge is 2.20. The number of nitrogens with zero attached hydrogens (tertiary/aromatic N) is 1. The van der Waals surface area contributed by atoms with Gasteiger partial charge >= 0.3 is 0 Å². The molecule has 0 fully saturated rings. The minimum atomic E-state index is -0.541. The molecule has 5 nitrogen and oxygen atoms in total. The summed E-state index contributed by atoms with van der Waals surface area (Å²) in [4.78, 5) is 4.94. The second-order valence-electron chi connectivity index (χ2n) is 6.95. The smallest absolute Gasteiger partial charge is 0.123 e. The van der Waals surface area contributed by atoms with E-state index in [2.05, 4.69) is 37.3 Å². The summed E-state index contributed by atoms with van der Waals surface area (Å²) in [6.45, 7) is 7.01. The van der Waals surface area contributed by atoms with Crippen LogP contribution in [0.15, 0.2) is 23.4 Å². The number of hydrogen-bond donors (Lipinski definition) is 2. The van der Waals surface area contributed by atoms with E-state index in [1.807, 2.05) is 12.1 Å². The van der Waals surface area contributed by atoms with Gasteiger partial charge in [0, 0.05) is 23.2 Å². The van der Waals surface area contributed by atoms with Crippen LogP contribution in [0, 0.1) is 0 Å². The van der Waals surface area contributed by atoms with E-state index in [-0.39, 0.29) is 12.1 Å². The van der Waals surface area contributed by atoms with Crippen molar-refractivity contribution < 1.29 is 14.7 Å². The maximum Gasteiger partial charge on any atom is 0.123 e. The first-order chi connectivity index (χ1) is 10.9. The standard InChI is InChI=1S/C18H28N2O3/c1-18(2,3)19-11-13(21)12-23-17-10-6-7-14-15(17)8-5-9-16(14)20-22-4/h6-7,10,13,19,21H,5,8-9,11-12H2,1-4H3/b20-16-. The maximum absolute atomic E-state index is 10.1. The summed E-state index contributed by atoms with van der Waals surface area (Å²) in [6.07, 6.45) is 2.37. The number of ether oxygens (including phenoxy) is 1. The van der Waals surface area contributed by atoms with Crippen molar-refractivity contribution in [2.24, 2.45) is 5.16 Å². The van der Waals surface area contributed by atoms with Gasteiger partial charge in [-0.2, -0.15) is 0 Å². The molecule has 1 aromatic carbocycles. The fraction of sp³-hybridized carbons (Fsp3) is 0.611. The third-order valence-corrected chi connectivity index (χ3v) is 3.79. The highest BCUT2D eigenvalue weighted by atomic mass is 16.6. The van der Waals surface area contributed by atoms with Crippen molar-refractivity contribution in [3.05, 3.63) is 29.3 Å². The molecule has 1 aliphatic rings. The van der Waals surface area contributed by atoms with Crippen molar-refractivity contribution in [1.29, 1.82) is 0 Å². The van der Waals surface area contributed by atoms with E-state index in [9.17, 15) is 5.11 Å². The van der Waals surface area contributed by atoms with Crippen molar-refractivity contribution in [2.45, 2.75) is 51.7 Å². The zero-order chi connectivity index (χ0) is 16.9. The van der Waals surface area contributed by atoms with Gasteiger partial charge in [0.1, 0.15) is 25.6 Å². The van der Waals surface area contributed by atoms with Crippen molar-refractivity contribution in [2.75, 3.05) is 20.3 Å². The van der Waals surface area contributed by atoms with E-state index in [4.69, 9.17) is 9.57 Å². The van der Waals surface area contributed by atoms with Crippen LogP contribution in [0.2, 0.25) is 0 Å². The van der Waals surface area contributed by atoms with E-state index in [1.165, 1.54) is 0 Å². The Hall–Kier alpha value is -1.59. The van der Waals surface area contributed by atoms with Crippen LogP contribution in [0.5, 0.6) is 5.75 Å². The first-order valence-corrected chi connectivity index (χ1v) is 8.19. The Kier molecular flexibility index (Phi) is 6.02. The SMILES string of the molecule is CO/N=C1/CCCc2c(OCC(O)CNC(C)(C)C)cccc21. The highest BCUT2D eigenvalue weighted by Crippen LogP contribution is 2.30. The average molecular weight is 320 g/mol. The molecule has 1 unspecified atom stereocenters. The van der Waals surface area contributed by atoms with Crippen LogP contribution in [-0.2, 0) is 11.3 Å². The van der Waals surface area contributed by atoms with E-state index in [1.54, 1.807) is 7.11 Å². The van der Waals surface area contributed by atoms with Crippen LogP contribution in [0.4, 0.5) is 0 Å². The number of benzene rings is 1. The summed E-state index contributed by atoms with van der Waals surface area (Å²) in [5, 5.41) is 17.5. The average Bonchev–Trinajstić information content (AvgIpc) is 2.51. The summed E-state index contributed by atoms with van der Waals surface area (Å²) >= 11 is 0. The molecule has 2 rings (SSSR count). The van der Waals surface area contributed by atoms with Crippen LogP contribution in [0.3, 0.4) is 0 Å². The van der Waals surface area contributed by atoms with Gasteiger partial charge < -0.3 is 20.0 Å². The van der Waals surface area contributed by atoms with Crippen LogP contribution in [0.25, 0.3) is 0 Å². The van der Waals surface area contributed by atoms with Crippen molar-refractivity contribution in [1.82, 2.24) is 5.32 Å². The zero-order valence-electron chi connectivity index (χ0n) is 14.6. The number of hydrogen-bond acceptors (Lipinski definition) is 5. The van der Waals surface area contributed by atoms with Crippen molar-refractivity contribution >= 4 is 5.71 Å². The predicted molar refractivity (Wildman–Crippen MR) is 92.2 cm³/mol. The molecular formula is C18H28N2O3. The Morgan fingerprint density at radius 1 is 1.30 bits per heavy atom. The molecule has 23 heavy (non-hydrogen) atoms. The fourth-order valence-corrected chi connectivity index (χ4v) is 2.67. The molecule has 0 saturated heterocycles. The number of aliphatic hydroxyl groups is 1. The Labute approximate surface area is 138 Å². The van der Waals surface area contributed by atoms with Gasteiger partial charge in [0.05, 0.1) is 5.71 Å². The first-order valence-electron chi connectivity index (χ1n) is 8.19. The lowest BCUT2D eigenvalue weighted by molar-refractivity contribution is 0.0995. The molecule has 0 aromatic heterocycles. The molecule has 2 N–H and O–H groups in total. The van der Waals surface area contributed by atoms with E-state index < -0.39 is 6.10 Å². The third kappa shape index (κ3) is 5.22. The third-order valence-electron chi connectivity index (χ3n) is 3.79. The molecule has 1 aliphatic carbocycles. The molecule has 0 radical (unpaired) electrons. The molecule has 0 bridgehead atoms. The molecule has 5 heteroatoms. The van der Waals surface area contributed by atoms with Gasteiger partial charge in [0.25, 0.3) is 0 Å². The van der Waals surface area contributed by atoms with E-state index in [0.29, 0.717) is 6.54 Å². The molecule has 0 heterocycles. The number of aliphatic hydroxyl groups excluding tert-OH is 1. The normalized spacial score (nSPS) is 17.7. The second-order valence-corrected chi connectivity index (χ2v) is 6.95. The quantitative estimate of drug-likeness (QED) is 0.791. The topological polar surface area (TPSA) is 63.1 Å². The van der Waals surface area contributed by atoms with Gasteiger partial charge in [-0.05, 0) is 46.1 Å². The van der Waals surface area contributed by atoms with Crippen LogP contribution in [0.1, 0.15) is 44.7 Å². The zero-order valence-corrected chi connectivity index (χ0v) is 14.6. The highest BCUT2D eigenvalue weighted by molar-refractivity contribution is 6.02. The molecule has 128 valence electrons. The molecule has 0 saturated carbocycles. The first kappa shape index (κ1) is 17.8. The van der Waals surface area contributed by atoms with Gasteiger partial charge in [0.15, 0.2) is 0 Å². The number of rotatable bonds is 6. The number of fused-ring (bicyclic) bond motifs is 1. The van der Waals surface area contributed by atoms with E-state index in [0.717, 1.165) is 41.9 Å². The Bertz CT molecular complexity index is 550. The number of nitrogens with one attached hydrogen (secondary N) is 1. The van der Waals surface area contributed by atoms with Crippen LogP contribution >= 0.6 is 0 Å². The number of β-amino-alcohol motifs (C(OH)–C–C–N with tert-alkyl or cyclic N) is 1. The van der Waals surface area contributed by atoms with Gasteiger partial charge in [-0.15, -0.1) is 0 Å².